The number of rotatable bonds is 1. The van der Waals surface area contributed by atoms with Crippen molar-refractivity contribution < 1.29 is 4.42 Å². The van der Waals surface area contributed by atoms with Crippen molar-refractivity contribution in [2.24, 2.45) is 0 Å². The first-order chi connectivity index (χ1) is 11.0. The van der Waals surface area contributed by atoms with E-state index in [0.717, 1.165) is 33.4 Å². The molecule has 0 unspecified atom stereocenters. The van der Waals surface area contributed by atoms with Gasteiger partial charge in [-0.3, -0.25) is 0 Å². The van der Waals surface area contributed by atoms with Crippen LogP contribution in [-0.2, 0) is 5.41 Å². The predicted octanol–water partition coefficient (Wildman–Crippen LogP) is 5.34. The summed E-state index contributed by atoms with van der Waals surface area (Å²) in [7, 11) is 0. The molecule has 114 valence electrons. The standard InChI is InChI=1S/C20H18N2O/c1-20(2,3)18-16(13-9-5-4-6-10-13)21-17-14-11-7-8-12-15(14)23-19(17)22-18/h4-12H,1-3H3. The minimum Gasteiger partial charge on any atom is -0.436 e. The highest BCUT2D eigenvalue weighted by Gasteiger charge is 2.24. The summed E-state index contributed by atoms with van der Waals surface area (Å²) < 4.78 is 5.91. The van der Waals surface area contributed by atoms with Gasteiger partial charge in [0.2, 0.25) is 5.71 Å². The lowest BCUT2D eigenvalue weighted by Gasteiger charge is -2.20. The van der Waals surface area contributed by atoms with Gasteiger partial charge in [-0.25, -0.2) is 9.97 Å². The summed E-state index contributed by atoms with van der Waals surface area (Å²) in [5, 5.41) is 1.01. The van der Waals surface area contributed by atoms with E-state index in [-0.39, 0.29) is 5.41 Å². The van der Waals surface area contributed by atoms with Gasteiger partial charge < -0.3 is 4.42 Å². The first kappa shape index (κ1) is 13.9. The second-order valence-electron chi connectivity index (χ2n) is 6.79. The van der Waals surface area contributed by atoms with E-state index in [4.69, 9.17) is 14.4 Å². The molecule has 0 radical (unpaired) electrons. The molecule has 0 aliphatic rings. The van der Waals surface area contributed by atoms with Crippen molar-refractivity contribution in [2.45, 2.75) is 26.2 Å². The molecule has 2 aromatic carbocycles. The zero-order chi connectivity index (χ0) is 16.0. The molecule has 3 heteroatoms. The molecule has 0 bridgehead atoms. The molecular formula is C20H18N2O. The predicted molar refractivity (Wildman–Crippen MR) is 93.4 cm³/mol. The maximum absolute atomic E-state index is 5.91. The topological polar surface area (TPSA) is 38.9 Å². The average molecular weight is 302 g/mol. The van der Waals surface area contributed by atoms with Crippen molar-refractivity contribution in [3.8, 4) is 11.3 Å². The number of hydrogen-bond donors (Lipinski definition) is 0. The van der Waals surface area contributed by atoms with E-state index in [2.05, 4.69) is 32.9 Å². The third-order valence-electron chi connectivity index (χ3n) is 3.97. The van der Waals surface area contributed by atoms with Gasteiger partial charge in [0.1, 0.15) is 11.1 Å². The van der Waals surface area contributed by atoms with Gasteiger partial charge in [-0.2, -0.15) is 0 Å². The largest absolute Gasteiger partial charge is 0.436 e. The molecule has 23 heavy (non-hydrogen) atoms. The number of benzene rings is 2. The van der Waals surface area contributed by atoms with Crippen LogP contribution in [0.25, 0.3) is 33.5 Å². The number of nitrogens with zero attached hydrogens (tertiary/aromatic N) is 2. The van der Waals surface area contributed by atoms with Crippen LogP contribution in [0.3, 0.4) is 0 Å². The first-order valence-corrected chi connectivity index (χ1v) is 7.79. The van der Waals surface area contributed by atoms with Gasteiger partial charge in [0.15, 0.2) is 0 Å². The molecular weight excluding hydrogens is 284 g/mol. The zero-order valence-electron chi connectivity index (χ0n) is 13.5. The molecule has 0 fully saturated rings. The molecule has 0 atom stereocenters. The Kier molecular flexibility index (Phi) is 2.98. The van der Waals surface area contributed by atoms with Crippen LogP contribution in [0, 0.1) is 0 Å². The number of furan rings is 1. The highest BCUT2D eigenvalue weighted by atomic mass is 16.3. The molecule has 4 aromatic rings. The Morgan fingerprint density at radius 2 is 1.52 bits per heavy atom. The Balaban J connectivity index is 2.11. The summed E-state index contributed by atoms with van der Waals surface area (Å²) in [6, 6.07) is 18.2. The van der Waals surface area contributed by atoms with Gasteiger partial charge in [-0.1, -0.05) is 63.2 Å². The van der Waals surface area contributed by atoms with Gasteiger partial charge in [0, 0.05) is 16.4 Å². The summed E-state index contributed by atoms with van der Waals surface area (Å²) in [6.45, 7) is 6.45. The van der Waals surface area contributed by atoms with Crippen molar-refractivity contribution in [3.63, 3.8) is 0 Å². The van der Waals surface area contributed by atoms with Gasteiger partial charge in [0.25, 0.3) is 0 Å². The summed E-state index contributed by atoms with van der Waals surface area (Å²) in [5.74, 6) is 0. The lowest BCUT2D eigenvalue weighted by molar-refractivity contribution is 0.561. The highest BCUT2D eigenvalue weighted by Crippen LogP contribution is 2.34. The second-order valence-corrected chi connectivity index (χ2v) is 6.79. The van der Waals surface area contributed by atoms with Crippen LogP contribution in [0.1, 0.15) is 26.5 Å². The third kappa shape index (κ3) is 2.29. The maximum Gasteiger partial charge on any atom is 0.246 e. The van der Waals surface area contributed by atoms with Crippen LogP contribution in [-0.4, -0.2) is 9.97 Å². The first-order valence-electron chi connectivity index (χ1n) is 7.79. The second kappa shape index (κ2) is 4.92. The molecule has 0 amide bonds. The molecule has 0 spiro atoms. The maximum atomic E-state index is 5.91. The highest BCUT2D eigenvalue weighted by molar-refractivity contribution is 6.01. The van der Waals surface area contributed by atoms with E-state index in [9.17, 15) is 0 Å². The van der Waals surface area contributed by atoms with E-state index in [0.29, 0.717) is 5.71 Å². The fraction of sp³-hybridized carbons (Fsp3) is 0.200. The lowest BCUT2D eigenvalue weighted by Crippen LogP contribution is -2.16. The molecule has 0 aliphatic carbocycles. The average Bonchev–Trinajstić information content (AvgIpc) is 2.91. The summed E-state index contributed by atoms with van der Waals surface area (Å²) in [6.07, 6.45) is 0. The van der Waals surface area contributed by atoms with E-state index >= 15 is 0 Å². The lowest BCUT2D eigenvalue weighted by atomic mass is 9.88. The molecule has 0 saturated heterocycles. The van der Waals surface area contributed by atoms with Crippen molar-refractivity contribution in [1.82, 2.24) is 9.97 Å². The number of fused-ring (bicyclic) bond motifs is 3. The molecule has 4 rings (SSSR count). The van der Waals surface area contributed by atoms with Gasteiger partial charge in [0.05, 0.1) is 11.4 Å². The van der Waals surface area contributed by atoms with Crippen molar-refractivity contribution in [2.75, 3.05) is 0 Å². The summed E-state index contributed by atoms with van der Waals surface area (Å²) >= 11 is 0. The third-order valence-corrected chi connectivity index (χ3v) is 3.97. The molecule has 0 aliphatic heterocycles. The Morgan fingerprint density at radius 1 is 0.826 bits per heavy atom. The van der Waals surface area contributed by atoms with Crippen LogP contribution in [0.2, 0.25) is 0 Å². The van der Waals surface area contributed by atoms with Crippen LogP contribution >= 0.6 is 0 Å². The van der Waals surface area contributed by atoms with E-state index < -0.39 is 0 Å². The Bertz CT molecular complexity index is 995. The SMILES string of the molecule is CC(C)(C)c1nc2oc3ccccc3c2nc1-c1ccccc1. The fourth-order valence-corrected chi connectivity index (χ4v) is 2.84. The van der Waals surface area contributed by atoms with Crippen molar-refractivity contribution in [1.29, 1.82) is 0 Å². The van der Waals surface area contributed by atoms with Crippen LogP contribution in [0.15, 0.2) is 59.0 Å². The monoisotopic (exact) mass is 302 g/mol. The normalized spacial score (nSPS) is 12.1. The number of aromatic nitrogens is 2. The smallest absolute Gasteiger partial charge is 0.246 e. The summed E-state index contributed by atoms with van der Waals surface area (Å²) in [4.78, 5) is 9.77. The molecule has 3 nitrogen and oxygen atoms in total. The molecule has 2 heterocycles. The van der Waals surface area contributed by atoms with Crippen molar-refractivity contribution >= 4 is 22.2 Å². The van der Waals surface area contributed by atoms with Gasteiger partial charge in [-0.05, 0) is 12.1 Å². The van der Waals surface area contributed by atoms with E-state index in [1.165, 1.54) is 0 Å². The van der Waals surface area contributed by atoms with Crippen LogP contribution in [0.4, 0.5) is 0 Å². The molecule has 0 saturated carbocycles. The van der Waals surface area contributed by atoms with E-state index in [1.54, 1.807) is 0 Å². The van der Waals surface area contributed by atoms with Crippen LogP contribution < -0.4 is 0 Å². The fourth-order valence-electron chi connectivity index (χ4n) is 2.84. The minimum atomic E-state index is -0.120. The van der Waals surface area contributed by atoms with Crippen molar-refractivity contribution in [3.05, 3.63) is 60.3 Å². The zero-order valence-corrected chi connectivity index (χ0v) is 13.5. The van der Waals surface area contributed by atoms with Gasteiger partial charge in [-0.15, -0.1) is 0 Å². The number of para-hydroxylation sites is 1. The molecule has 0 N–H and O–H groups in total. The Morgan fingerprint density at radius 3 is 2.26 bits per heavy atom. The Labute approximate surface area is 135 Å². The quantitative estimate of drug-likeness (QED) is 0.476. The molecule has 2 aromatic heterocycles. The summed E-state index contributed by atoms with van der Waals surface area (Å²) in [5.41, 5.74) is 5.10. The van der Waals surface area contributed by atoms with E-state index in [1.807, 2.05) is 42.5 Å². The Hall–Kier alpha value is -2.68. The van der Waals surface area contributed by atoms with Gasteiger partial charge >= 0.3 is 0 Å². The van der Waals surface area contributed by atoms with Crippen LogP contribution in [0.5, 0.6) is 0 Å². The number of hydrogen-bond acceptors (Lipinski definition) is 3. The minimum absolute atomic E-state index is 0.120.